The number of amides is 1. The Balaban J connectivity index is 3.12. The van der Waals surface area contributed by atoms with Crippen molar-refractivity contribution in [1.29, 1.82) is 0 Å². The second kappa shape index (κ2) is 5.65. The van der Waals surface area contributed by atoms with Crippen LogP contribution < -0.4 is 5.32 Å². The number of thioether (sulfide) groups is 1. The van der Waals surface area contributed by atoms with Gasteiger partial charge in [0.1, 0.15) is 5.82 Å². The molecule has 4 nitrogen and oxygen atoms in total. The first-order chi connectivity index (χ1) is 8.18. The van der Waals surface area contributed by atoms with Crippen molar-refractivity contribution in [3.05, 3.63) is 10.2 Å². The Hall–Kier alpha value is -0.490. The number of hydrogen-bond acceptors (Lipinski definition) is 3. The molecule has 0 radical (unpaired) electrons. The van der Waals surface area contributed by atoms with E-state index in [-0.39, 0.29) is 16.7 Å². The summed E-state index contributed by atoms with van der Waals surface area (Å²) in [7, 11) is 0. The van der Waals surface area contributed by atoms with Gasteiger partial charge in [-0.15, -0.1) is 0 Å². The lowest BCUT2D eigenvalue weighted by Crippen LogP contribution is -2.29. The van der Waals surface area contributed by atoms with E-state index in [4.69, 9.17) is 0 Å². The summed E-state index contributed by atoms with van der Waals surface area (Å²) in [6, 6.07) is 0. The molecule has 0 aliphatic rings. The van der Waals surface area contributed by atoms with Crippen LogP contribution in [0.25, 0.3) is 0 Å². The monoisotopic (exact) mass is 333 g/mol. The zero-order valence-electron chi connectivity index (χ0n) is 11.7. The highest BCUT2D eigenvalue weighted by atomic mass is 79.9. The Bertz CT molecular complexity index is 451. The molecule has 0 aromatic carbocycles. The van der Waals surface area contributed by atoms with Gasteiger partial charge in [-0.3, -0.25) is 4.79 Å². The molecule has 1 heterocycles. The minimum absolute atomic E-state index is 0.00593. The summed E-state index contributed by atoms with van der Waals surface area (Å²) in [5.74, 6) is 0.722. The van der Waals surface area contributed by atoms with Gasteiger partial charge in [0, 0.05) is 0 Å². The lowest BCUT2D eigenvalue weighted by molar-refractivity contribution is -0.115. The number of hydrogen-bond donors (Lipinski definition) is 1. The minimum atomic E-state index is -0.179. The van der Waals surface area contributed by atoms with Crippen molar-refractivity contribution in [2.75, 3.05) is 11.6 Å². The van der Waals surface area contributed by atoms with E-state index in [0.29, 0.717) is 0 Å². The van der Waals surface area contributed by atoms with Crippen molar-refractivity contribution in [2.45, 2.75) is 45.4 Å². The normalized spacial score (nSPS) is 13.5. The fraction of sp³-hybridized carbons (Fsp3) is 0.667. The van der Waals surface area contributed by atoms with Gasteiger partial charge >= 0.3 is 0 Å². The molecule has 1 rings (SSSR count). The zero-order valence-corrected chi connectivity index (χ0v) is 14.1. The quantitative estimate of drug-likeness (QED) is 0.922. The lowest BCUT2D eigenvalue weighted by Gasteiger charge is -2.23. The van der Waals surface area contributed by atoms with Crippen LogP contribution in [0.2, 0.25) is 0 Å². The summed E-state index contributed by atoms with van der Waals surface area (Å²) in [6.45, 7) is 9.97. The number of nitrogens with one attached hydrogen (secondary N) is 1. The maximum Gasteiger partial charge on any atom is 0.238 e. The third kappa shape index (κ3) is 3.29. The number of nitrogens with zero attached hydrogens (tertiary/aromatic N) is 2. The molecule has 0 saturated heterocycles. The van der Waals surface area contributed by atoms with Gasteiger partial charge in [-0.2, -0.15) is 16.9 Å². The lowest BCUT2D eigenvalue weighted by atomic mass is 10.1. The van der Waals surface area contributed by atoms with E-state index >= 15 is 0 Å². The van der Waals surface area contributed by atoms with E-state index in [1.54, 1.807) is 0 Å². The van der Waals surface area contributed by atoms with Crippen LogP contribution in [0, 0.1) is 6.92 Å². The van der Waals surface area contributed by atoms with Crippen molar-refractivity contribution in [1.82, 2.24) is 9.78 Å². The Morgan fingerprint density at radius 1 is 1.50 bits per heavy atom. The van der Waals surface area contributed by atoms with E-state index in [0.717, 1.165) is 16.0 Å². The molecule has 1 N–H and O–H groups in total. The second-order valence-corrected chi connectivity index (χ2v) is 7.17. The summed E-state index contributed by atoms with van der Waals surface area (Å²) in [4.78, 5) is 12.0. The summed E-state index contributed by atoms with van der Waals surface area (Å²) in [6.07, 6.45) is 1.92. The topological polar surface area (TPSA) is 46.9 Å². The van der Waals surface area contributed by atoms with Crippen molar-refractivity contribution < 1.29 is 4.79 Å². The van der Waals surface area contributed by atoms with Crippen LogP contribution in [0.1, 0.15) is 33.4 Å². The van der Waals surface area contributed by atoms with Crippen molar-refractivity contribution >= 4 is 39.4 Å². The van der Waals surface area contributed by atoms with Crippen LogP contribution in [-0.4, -0.2) is 27.2 Å². The average molecular weight is 334 g/mol. The summed E-state index contributed by atoms with van der Waals surface area (Å²) < 4.78 is 2.69. The van der Waals surface area contributed by atoms with E-state index in [2.05, 4.69) is 47.1 Å². The molecular weight excluding hydrogens is 314 g/mol. The number of anilines is 1. The van der Waals surface area contributed by atoms with Gasteiger partial charge in [-0.1, -0.05) is 0 Å². The Kier molecular flexibility index (Phi) is 4.89. The van der Waals surface area contributed by atoms with Crippen LogP contribution >= 0.6 is 27.7 Å². The number of carbonyl (C=O) groups excluding carboxylic acids is 1. The zero-order chi connectivity index (χ0) is 14.1. The van der Waals surface area contributed by atoms with Crippen molar-refractivity contribution in [2.24, 2.45) is 0 Å². The maximum atomic E-state index is 12.0. The molecule has 6 heteroatoms. The Morgan fingerprint density at radius 2 is 2.06 bits per heavy atom. The maximum absolute atomic E-state index is 12.0. The van der Waals surface area contributed by atoms with Crippen LogP contribution in [0.15, 0.2) is 4.47 Å². The van der Waals surface area contributed by atoms with Gasteiger partial charge in [-0.05, 0) is 56.8 Å². The molecule has 1 unspecified atom stereocenters. The number of aryl methyl sites for hydroxylation is 1. The van der Waals surface area contributed by atoms with Crippen molar-refractivity contribution in [3.63, 3.8) is 0 Å². The molecule has 0 aliphatic carbocycles. The molecule has 0 aliphatic heterocycles. The summed E-state index contributed by atoms with van der Waals surface area (Å²) in [5, 5.41) is 7.34. The number of halogens is 1. The van der Waals surface area contributed by atoms with Gasteiger partial charge in [-0.25, -0.2) is 4.68 Å². The summed E-state index contributed by atoms with van der Waals surface area (Å²) in [5.41, 5.74) is 0.694. The van der Waals surface area contributed by atoms with Crippen LogP contribution in [0.3, 0.4) is 0 Å². The third-order valence-electron chi connectivity index (χ3n) is 2.59. The van der Waals surface area contributed by atoms with Crippen LogP contribution in [0.5, 0.6) is 0 Å². The molecule has 1 aromatic rings. The molecular formula is C12H20BrN3OS. The second-order valence-electron chi connectivity index (χ2n) is 5.20. The summed E-state index contributed by atoms with van der Waals surface area (Å²) >= 11 is 5.01. The van der Waals surface area contributed by atoms with Crippen molar-refractivity contribution in [3.8, 4) is 0 Å². The molecule has 18 heavy (non-hydrogen) atoms. The van der Waals surface area contributed by atoms with Gasteiger partial charge in [0.25, 0.3) is 0 Å². The molecule has 1 amide bonds. The fourth-order valence-electron chi connectivity index (χ4n) is 1.43. The fourth-order valence-corrected chi connectivity index (χ4v) is 2.05. The highest BCUT2D eigenvalue weighted by molar-refractivity contribution is 9.10. The number of rotatable bonds is 3. The van der Waals surface area contributed by atoms with E-state index < -0.39 is 0 Å². The first kappa shape index (κ1) is 15.6. The molecule has 0 saturated carbocycles. The van der Waals surface area contributed by atoms with E-state index in [1.165, 1.54) is 11.8 Å². The van der Waals surface area contributed by atoms with Crippen LogP contribution in [-0.2, 0) is 10.3 Å². The predicted octanol–water partition coefficient (Wildman–Crippen LogP) is 3.40. The predicted molar refractivity (Wildman–Crippen MR) is 81.3 cm³/mol. The smallest absolute Gasteiger partial charge is 0.238 e. The van der Waals surface area contributed by atoms with E-state index in [1.807, 2.05) is 24.8 Å². The number of aromatic nitrogens is 2. The SMILES string of the molecule is CSC(C)C(=O)Nc1c(Br)c(C)nn1C(C)(C)C. The van der Waals surface area contributed by atoms with Gasteiger partial charge in [0.15, 0.2) is 0 Å². The Labute approximate surface area is 121 Å². The van der Waals surface area contributed by atoms with Gasteiger partial charge in [0.05, 0.1) is 21.0 Å². The minimum Gasteiger partial charge on any atom is -0.309 e. The molecule has 0 spiro atoms. The first-order valence-electron chi connectivity index (χ1n) is 5.77. The molecule has 102 valence electrons. The van der Waals surface area contributed by atoms with Gasteiger partial charge < -0.3 is 5.32 Å². The largest absolute Gasteiger partial charge is 0.309 e. The standard InChI is InChI=1S/C12H20BrN3OS/c1-7-9(13)10(14-11(17)8(2)18-6)16(15-7)12(3,4)5/h8H,1-6H3,(H,14,17). The van der Waals surface area contributed by atoms with Crippen LogP contribution in [0.4, 0.5) is 5.82 Å². The highest BCUT2D eigenvalue weighted by Crippen LogP contribution is 2.31. The first-order valence-corrected chi connectivity index (χ1v) is 7.85. The Morgan fingerprint density at radius 3 is 2.50 bits per heavy atom. The average Bonchev–Trinajstić information content (AvgIpc) is 2.55. The molecule has 1 atom stereocenters. The highest BCUT2D eigenvalue weighted by Gasteiger charge is 2.24. The molecule has 1 aromatic heterocycles. The number of carbonyl (C=O) groups is 1. The third-order valence-corrected chi connectivity index (χ3v) is 4.46. The van der Waals surface area contributed by atoms with Gasteiger partial charge in [0.2, 0.25) is 5.91 Å². The molecule has 0 fully saturated rings. The molecule has 0 bridgehead atoms. The van der Waals surface area contributed by atoms with E-state index in [9.17, 15) is 4.79 Å².